The lowest BCUT2D eigenvalue weighted by atomic mass is 9.92. The average Bonchev–Trinajstić information content (AvgIpc) is 3.06. The molecule has 4 aromatic rings. The summed E-state index contributed by atoms with van der Waals surface area (Å²) in [4.78, 5) is 21.7. The minimum Gasteiger partial charge on any atom is -0.474 e. The normalized spacial score (nSPS) is 18.5. The van der Waals surface area contributed by atoms with Gasteiger partial charge in [0.2, 0.25) is 5.88 Å². The summed E-state index contributed by atoms with van der Waals surface area (Å²) in [6, 6.07) is 11.6. The van der Waals surface area contributed by atoms with Crippen molar-refractivity contribution >= 4 is 27.9 Å². The van der Waals surface area contributed by atoms with Gasteiger partial charge in [-0.1, -0.05) is 12.1 Å². The zero-order valence-electron chi connectivity index (χ0n) is 18.3. The number of hydrogen-bond donors (Lipinski definition) is 1. The van der Waals surface area contributed by atoms with Crippen molar-refractivity contribution in [1.29, 1.82) is 0 Å². The van der Waals surface area contributed by atoms with Crippen LogP contribution in [0.25, 0.3) is 32.9 Å². The third-order valence-electron chi connectivity index (χ3n) is 5.57. The number of aliphatic hydroxyl groups is 1. The number of nitrogens with zero attached hydrogens (tertiary/aromatic N) is 3. The highest BCUT2D eigenvalue weighted by molar-refractivity contribution is 6.13. The van der Waals surface area contributed by atoms with Crippen molar-refractivity contribution < 1.29 is 19.4 Å². The number of aliphatic hydroxyl groups excluding tert-OH is 1. The molecular formula is C25H25N3O4. The van der Waals surface area contributed by atoms with E-state index >= 15 is 0 Å². The van der Waals surface area contributed by atoms with Crippen LogP contribution in [0.2, 0.25) is 0 Å². The fourth-order valence-corrected chi connectivity index (χ4v) is 3.97. The fourth-order valence-electron chi connectivity index (χ4n) is 3.97. The van der Waals surface area contributed by atoms with Gasteiger partial charge < -0.3 is 14.6 Å². The first-order valence-corrected chi connectivity index (χ1v) is 10.7. The molecule has 0 radical (unpaired) electrons. The SMILES string of the molecule is CC(C)(C)OC(=O)n1c2ccncc2c2ccc(-c3ccc(OC4CC(O)C4)nc3)cc21. The van der Waals surface area contributed by atoms with Crippen LogP contribution in [-0.2, 0) is 4.74 Å². The van der Waals surface area contributed by atoms with Crippen molar-refractivity contribution in [1.82, 2.24) is 14.5 Å². The van der Waals surface area contributed by atoms with E-state index in [1.165, 1.54) is 0 Å². The second kappa shape index (κ2) is 7.60. The van der Waals surface area contributed by atoms with Crippen LogP contribution in [0.4, 0.5) is 4.79 Å². The molecule has 7 heteroatoms. The molecule has 164 valence electrons. The summed E-state index contributed by atoms with van der Waals surface area (Å²) in [5, 5.41) is 11.2. The highest BCUT2D eigenvalue weighted by Gasteiger charge is 2.29. The van der Waals surface area contributed by atoms with Gasteiger partial charge in [0.05, 0.1) is 17.1 Å². The van der Waals surface area contributed by atoms with Crippen LogP contribution >= 0.6 is 0 Å². The third-order valence-corrected chi connectivity index (χ3v) is 5.57. The van der Waals surface area contributed by atoms with Crippen LogP contribution < -0.4 is 4.74 Å². The number of carbonyl (C=O) groups is 1. The predicted octanol–water partition coefficient (Wildman–Crippen LogP) is 4.94. The molecule has 5 rings (SSSR count). The first-order valence-electron chi connectivity index (χ1n) is 10.7. The molecule has 0 aliphatic heterocycles. The van der Waals surface area contributed by atoms with Crippen molar-refractivity contribution in [3.05, 3.63) is 55.0 Å². The number of rotatable bonds is 3. The van der Waals surface area contributed by atoms with Gasteiger partial charge in [-0.05, 0) is 44.5 Å². The number of pyridine rings is 2. The van der Waals surface area contributed by atoms with Crippen molar-refractivity contribution in [2.75, 3.05) is 0 Å². The van der Waals surface area contributed by atoms with E-state index in [4.69, 9.17) is 9.47 Å². The highest BCUT2D eigenvalue weighted by atomic mass is 16.6. The fraction of sp³-hybridized carbons (Fsp3) is 0.320. The Hall–Kier alpha value is -3.45. The Morgan fingerprint density at radius 2 is 1.81 bits per heavy atom. The Morgan fingerprint density at radius 1 is 1.03 bits per heavy atom. The van der Waals surface area contributed by atoms with Gasteiger partial charge >= 0.3 is 6.09 Å². The Labute approximate surface area is 185 Å². The molecule has 3 aromatic heterocycles. The van der Waals surface area contributed by atoms with Gasteiger partial charge in [-0.3, -0.25) is 4.98 Å². The van der Waals surface area contributed by atoms with E-state index in [1.54, 1.807) is 23.2 Å². The maximum atomic E-state index is 13.1. The molecule has 32 heavy (non-hydrogen) atoms. The topological polar surface area (TPSA) is 86.5 Å². The van der Waals surface area contributed by atoms with E-state index in [0.717, 1.165) is 32.9 Å². The van der Waals surface area contributed by atoms with Gasteiger partial charge in [-0.15, -0.1) is 0 Å². The van der Waals surface area contributed by atoms with E-state index in [-0.39, 0.29) is 12.2 Å². The highest BCUT2D eigenvalue weighted by Crippen LogP contribution is 2.33. The Balaban J connectivity index is 1.53. The van der Waals surface area contributed by atoms with E-state index in [0.29, 0.717) is 18.7 Å². The molecule has 3 heterocycles. The van der Waals surface area contributed by atoms with Crippen LogP contribution in [0.5, 0.6) is 5.88 Å². The lowest BCUT2D eigenvalue weighted by molar-refractivity contribution is -0.0128. The second-order valence-corrected chi connectivity index (χ2v) is 9.19. The molecule has 1 aromatic carbocycles. The summed E-state index contributed by atoms with van der Waals surface area (Å²) in [6.45, 7) is 5.56. The van der Waals surface area contributed by atoms with Crippen LogP contribution in [0, 0.1) is 0 Å². The summed E-state index contributed by atoms with van der Waals surface area (Å²) >= 11 is 0. The number of benzene rings is 1. The van der Waals surface area contributed by atoms with Gasteiger partial charge in [-0.2, -0.15) is 0 Å². The van der Waals surface area contributed by atoms with Gasteiger partial charge in [-0.25, -0.2) is 14.3 Å². The molecular weight excluding hydrogens is 406 g/mol. The number of aromatic nitrogens is 3. The van der Waals surface area contributed by atoms with Crippen LogP contribution in [0.3, 0.4) is 0 Å². The third kappa shape index (κ3) is 3.80. The van der Waals surface area contributed by atoms with Crippen LogP contribution in [0.1, 0.15) is 33.6 Å². The second-order valence-electron chi connectivity index (χ2n) is 9.19. The van der Waals surface area contributed by atoms with E-state index < -0.39 is 11.7 Å². The van der Waals surface area contributed by atoms with Gasteiger partial charge in [0.1, 0.15) is 11.7 Å². The van der Waals surface area contributed by atoms with Crippen molar-refractivity contribution in [2.24, 2.45) is 0 Å². The standard InChI is InChI=1S/C25H25N3O4/c1-25(2,3)32-24(30)28-21-8-9-26-14-20(21)19-6-4-15(10-22(19)28)16-5-7-23(27-13-16)31-18-11-17(29)12-18/h4-10,13-14,17-18,29H,11-12H2,1-3H3. The maximum absolute atomic E-state index is 13.1. The molecule has 0 spiro atoms. The molecule has 0 unspecified atom stereocenters. The van der Waals surface area contributed by atoms with E-state index in [1.807, 2.05) is 57.2 Å². The zero-order valence-corrected chi connectivity index (χ0v) is 18.3. The van der Waals surface area contributed by atoms with Gasteiger partial charge in [0.15, 0.2) is 0 Å². The molecule has 1 saturated carbocycles. The first-order chi connectivity index (χ1) is 15.3. The number of ether oxygens (including phenoxy) is 2. The number of fused-ring (bicyclic) bond motifs is 3. The van der Waals surface area contributed by atoms with Crippen LogP contribution in [0.15, 0.2) is 55.0 Å². The summed E-state index contributed by atoms with van der Waals surface area (Å²) in [5.41, 5.74) is 2.73. The minimum atomic E-state index is -0.610. The van der Waals surface area contributed by atoms with Crippen molar-refractivity contribution in [2.45, 2.75) is 51.4 Å². The molecule has 0 bridgehead atoms. The molecule has 1 fully saturated rings. The molecule has 0 atom stereocenters. The van der Waals surface area contributed by atoms with Gasteiger partial charge in [0.25, 0.3) is 0 Å². The molecule has 0 amide bonds. The quantitative estimate of drug-likeness (QED) is 0.495. The average molecular weight is 431 g/mol. The summed E-state index contributed by atoms with van der Waals surface area (Å²) in [6.07, 6.45) is 5.82. The first kappa shape index (κ1) is 20.5. The van der Waals surface area contributed by atoms with E-state index in [9.17, 15) is 9.90 Å². The lowest BCUT2D eigenvalue weighted by Gasteiger charge is -2.31. The zero-order chi connectivity index (χ0) is 22.5. The molecule has 0 saturated heterocycles. The lowest BCUT2D eigenvalue weighted by Crippen LogP contribution is -2.37. The number of carbonyl (C=O) groups excluding carboxylic acids is 1. The number of hydrogen-bond acceptors (Lipinski definition) is 6. The smallest absolute Gasteiger partial charge is 0.419 e. The summed E-state index contributed by atoms with van der Waals surface area (Å²) in [7, 11) is 0. The van der Waals surface area contributed by atoms with Gasteiger partial charge in [0, 0.05) is 53.8 Å². The molecule has 1 N–H and O–H groups in total. The summed E-state index contributed by atoms with van der Waals surface area (Å²) in [5.74, 6) is 0.542. The Kier molecular flexibility index (Phi) is 4.86. The largest absolute Gasteiger partial charge is 0.474 e. The maximum Gasteiger partial charge on any atom is 0.419 e. The Morgan fingerprint density at radius 3 is 2.50 bits per heavy atom. The van der Waals surface area contributed by atoms with Crippen molar-refractivity contribution in [3.8, 4) is 17.0 Å². The monoisotopic (exact) mass is 431 g/mol. The van der Waals surface area contributed by atoms with E-state index in [2.05, 4.69) is 9.97 Å². The Bertz CT molecular complexity index is 1300. The van der Waals surface area contributed by atoms with Crippen molar-refractivity contribution in [3.63, 3.8) is 0 Å². The molecule has 1 aliphatic rings. The molecule has 7 nitrogen and oxygen atoms in total. The predicted molar refractivity (Wildman–Crippen MR) is 122 cm³/mol. The summed E-state index contributed by atoms with van der Waals surface area (Å²) < 4.78 is 13.1. The van der Waals surface area contributed by atoms with Crippen LogP contribution in [-0.4, -0.2) is 43.5 Å². The minimum absolute atomic E-state index is 0.0258. The molecule has 1 aliphatic carbocycles.